The van der Waals surface area contributed by atoms with E-state index in [2.05, 4.69) is 10.3 Å². The van der Waals surface area contributed by atoms with Crippen LogP contribution < -0.4 is 14.8 Å². The Morgan fingerprint density at radius 3 is 2.79 bits per heavy atom. The fraction of sp³-hybridized carbons (Fsp3) is 0.238. The van der Waals surface area contributed by atoms with Gasteiger partial charge in [0, 0.05) is 23.1 Å². The molecular formula is C21H19ClN2O4. The van der Waals surface area contributed by atoms with Crippen molar-refractivity contribution in [2.45, 2.75) is 19.9 Å². The summed E-state index contributed by atoms with van der Waals surface area (Å²) in [5.41, 5.74) is 1.58. The summed E-state index contributed by atoms with van der Waals surface area (Å²) < 4.78 is 10.8. The number of phenolic OH excluding ortho intramolecular Hbond substituents is 1. The summed E-state index contributed by atoms with van der Waals surface area (Å²) >= 11 is 6.45. The number of carbonyl (C=O) groups is 1. The van der Waals surface area contributed by atoms with Gasteiger partial charge in [-0.1, -0.05) is 31.5 Å². The number of fused-ring (bicyclic) bond motifs is 2. The maximum absolute atomic E-state index is 12.5. The zero-order chi connectivity index (χ0) is 19.8. The van der Waals surface area contributed by atoms with Gasteiger partial charge in [0.2, 0.25) is 12.7 Å². The second-order valence-electron chi connectivity index (χ2n) is 6.90. The molecule has 0 saturated carbocycles. The first-order chi connectivity index (χ1) is 13.5. The van der Waals surface area contributed by atoms with Crippen molar-refractivity contribution < 1.29 is 19.4 Å². The molecule has 1 atom stereocenters. The number of phenols is 1. The van der Waals surface area contributed by atoms with E-state index >= 15 is 0 Å². The number of halogens is 1. The number of aromatic hydroxyl groups is 1. The first-order valence-corrected chi connectivity index (χ1v) is 9.29. The molecule has 1 amide bonds. The van der Waals surface area contributed by atoms with Gasteiger partial charge in [-0.15, -0.1) is 0 Å². The van der Waals surface area contributed by atoms with E-state index in [9.17, 15) is 9.90 Å². The minimum atomic E-state index is -0.631. The van der Waals surface area contributed by atoms with E-state index in [1.165, 1.54) is 0 Å². The Morgan fingerprint density at radius 2 is 2.00 bits per heavy atom. The lowest BCUT2D eigenvalue weighted by Crippen LogP contribution is -2.32. The topological polar surface area (TPSA) is 80.7 Å². The number of ether oxygens (including phenoxy) is 2. The molecule has 0 bridgehead atoms. The third-order valence-electron chi connectivity index (χ3n) is 4.70. The summed E-state index contributed by atoms with van der Waals surface area (Å²) in [6.07, 6.45) is 1.59. The van der Waals surface area contributed by atoms with Gasteiger partial charge in [0.15, 0.2) is 11.5 Å². The van der Waals surface area contributed by atoms with Crippen LogP contribution in [0.2, 0.25) is 5.02 Å². The zero-order valence-corrected chi connectivity index (χ0v) is 16.2. The van der Waals surface area contributed by atoms with E-state index in [1.807, 2.05) is 6.07 Å². The summed E-state index contributed by atoms with van der Waals surface area (Å²) in [7, 11) is 0. The fourth-order valence-electron chi connectivity index (χ4n) is 3.17. The first kappa shape index (κ1) is 18.4. The Morgan fingerprint density at radius 1 is 1.21 bits per heavy atom. The lowest BCUT2D eigenvalue weighted by molar-refractivity contribution is -0.124. The maximum atomic E-state index is 12.5. The van der Waals surface area contributed by atoms with E-state index in [-0.39, 0.29) is 24.4 Å². The summed E-state index contributed by atoms with van der Waals surface area (Å²) in [6.45, 7) is 3.76. The quantitative estimate of drug-likeness (QED) is 0.689. The van der Waals surface area contributed by atoms with Gasteiger partial charge >= 0.3 is 0 Å². The van der Waals surface area contributed by atoms with E-state index in [0.29, 0.717) is 33.0 Å². The van der Waals surface area contributed by atoms with Crippen LogP contribution >= 0.6 is 11.6 Å². The maximum Gasteiger partial charge on any atom is 0.231 e. The van der Waals surface area contributed by atoms with Crippen molar-refractivity contribution >= 4 is 28.4 Å². The molecule has 1 aliphatic rings. The molecule has 0 spiro atoms. The molecule has 7 heteroatoms. The van der Waals surface area contributed by atoms with Crippen LogP contribution in [0.4, 0.5) is 0 Å². The van der Waals surface area contributed by atoms with Gasteiger partial charge in [0.25, 0.3) is 0 Å². The van der Waals surface area contributed by atoms with E-state index in [4.69, 9.17) is 21.1 Å². The predicted octanol–water partition coefficient (Wildman–Crippen LogP) is 4.18. The van der Waals surface area contributed by atoms with Crippen LogP contribution in [0, 0.1) is 5.92 Å². The highest BCUT2D eigenvalue weighted by Gasteiger charge is 2.26. The van der Waals surface area contributed by atoms with Crippen molar-refractivity contribution in [3.05, 3.63) is 58.7 Å². The van der Waals surface area contributed by atoms with Crippen molar-refractivity contribution in [1.82, 2.24) is 10.3 Å². The molecule has 3 aromatic rings. The average Bonchev–Trinajstić information content (AvgIpc) is 3.16. The molecule has 1 aliphatic heterocycles. The number of amides is 1. The van der Waals surface area contributed by atoms with E-state index < -0.39 is 6.04 Å². The monoisotopic (exact) mass is 398 g/mol. The molecule has 0 unspecified atom stereocenters. The van der Waals surface area contributed by atoms with Crippen molar-refractivity contribution in [2.75, 3.05) is 6.79 Å². The van der Waals surface area contributed by atoms with Crippen LogP contribution in [0.5, 0.6) is 17.2 Å². The number of hydrogen-bond donors (Lipinski definition) is 2. The Balaban J connectivity index is 1.87. The van der Waals surface area contributed by atoms with Gasteiger partial charge in [-0.05, 0) is 35.9 Å². The van der Waals surface area contributed by atoms with Gasteiger partial charge in [-0.2, -0.15) is 0 Å². The minimum Gasteiger partial charge on any atom is -0.505 e. The predicted molar refractivity (Wildman–Crippen MR) is 106 cm³/mol. The third kappa shape index (κ3) is 3.20. The normalized spacial score (nSPS) is 13.7. The molecule has 2 heterocycles. The lowest BCUT2D eigenvalue weighted by Gasteiger charge is -2.23. The first-order valence-electron chi connectivity index (χ1n) is 8.91. The molecule has 0 saturated heterocycles. The second-order valence-corrected chi connectivity index (χ2v) is 7.31. The molecule has 4 rings (SSSR count). The molecule has 144 valence electrons. The van der Waals surface area contributed by atoms with Crippen LogP contribution in [0.25, 0.3) is 10.9 Å². The highest BCUT2D eigenvalue weighted by molar-refractivity contribution is 6.35. The van der Waals surface area contributed by atoms with Crippen LogP contribution in [0.3, 0.4) is 0 Å². The SMILES string of the molecule is CC(C)C(=O)N[C@H](c1ccc2c(c1)OCO2)c1cc(Cl)c2cccnc2c1O. The van der Waals surface area contributed by atoms with Crippen LogP contribution in [0.15, 0.2) is 42.6 Å². The molecule has 6 nitrogen and oxygen atoms in total. The zero-order valence-electron chi connectivity index (χ0n) is 15.4. The van der Waals surface area contributed by atoms with Gasteiger partial charge in [0.05, 0.1) is 11.1 Å². The molecule has 2 N–H and O–H groups in total. The Kier molecular flexibility index (Phi) is 4.73. The molecule has 1 aromatic heterocycles. The average molecular weight is 399 g/mol. The molecule has 28 heavy (non-hydrogen) atoms. The standard InChI is InChI=1S/C21H19ClN2O4/c1-11(2)21(26)24-18(12-5-6-16-17(8-12)28-10-27-16)14-9-15(22)13-4-3-7-23-19(13)20(14)25/h3-9,11,18,25H,10H2,1-2H3,(H,24,26)/t18-/m1/s1. The number of carbonyl (C=O) groups excluding carboxylic acids is 1. The number of pyridine rings is 1. The van der Waals surface area contributed by atoms with Crippen LogP contribution in [-0.4, -0.2) is 22.8 Å². The van der Waals surface area contributed by atoms with Gasteiger partial charge in [-0.25, -0.2) is 0 Å². The summed E-state index contributed by atoms with van der Waals surface area (Å²) in [5, 5.41) is 15.0. The second kappa shape index (κ2) is 7.20. The highest BCUT2D eigenvalue weighted by atomic mass is 35.5. The highest BCUT2D eigenvalue weighted by Crippen LogP contribution is 2.41. The minimum absolute atomic E-state index is 0.0216. The number of nitrogens with one attached hydrogen (secondary N) is 1. The Hall–Kier alpha value is -2.99. The third-order valence-corrected chi connectivity index (χ3v) is 5.01. The smallest absolute Gasteiger partial charge is 0.231 e. The fourth-order valence-corrected chi connectivity index (χ4v) is 3.44. The Labute approximate surface area is 167 Å². The van der Waals surface area contributed by atoms with Crippen molar-refractivity contribution in [2.24, 2.45) is 5.92 Å². The number of benzene rings is 2. The summed E-state index contributed by atoms with van der Waals surface area (Å²) in [6, 6.07) is 9.98. The van der Waals surface area contributed by atoms with Gasteiger partial charge < -0.3 is 19.9 Å². The molecule has 2 aromatic carbocycles. The lowest BCUT2D eigenvalue weighted by atomic mass is 9.95. The Bertz CT molecular complexity index is 1070. The molecule has 0 radical (unpaired) electrons. The summed E-state index contributed by atoms with van der Waals surface area (Å²) in [4.78, 5) is 16.8. The van der Waals surface area contributed by atoms with Crippen LogP contribution in [-0.2, 0) is 4.79 Å². The number of nitrogens with zero attached hydrogens (tertiary/aromatic N) is 1. The number of rotatable bonds is 4. The van der Waals surface area contributed by atoms with E-state index in [1.54, 1.807) is 50.4 Å². The van der Waals surface area contributed by atoms with Crippen molar-refractivity contribution in [1.29, 1.82) is 0 Å². The van der Waals surface area contributed by atoms with Crippen molar-refractivity contribution in [3.8, 4) is 17.2 Å². The summed E-state index contributed by atoms with van der Waals surface area (Å²) in [5.74, 6) is 0.824. The number of hydrogen-bond acceptors (Lipinski definition) is 5. The molecular weight excluding hydrogens is 380 g/mol. The largest absolute Gasteiger partial charge is 0.505 e. The van der Waals surface area contributed by atoms with Gasteiger partial charge in [0.1, 0.15) is 11.3 Å². The van der Waals surface area contributed by atoms with Crippen molar-refractivity contribution in [3.63, 3.8) is 0 Å². The molecule has 0 fully saturated rings. The van der Waals surface area contributed by atoms with Crippen LogP contribution in [0.1, 0.15) is 31.0 Å². The van der Waals surface area contributed by atoms with E-state index in [0.717, 1.165) is 5.56 Å². The number of aromatic nitrogens is 1. The van der Waals surface area contributed by atoms with Gasteiger partial charge in [-0.3, -0.25) is 9.78 Å². The molecule has 0 aliphatic carbocycles.